The van der Waals surface area contributed by atoms with Gasteiger partial charge in [0, 0.05) is 18.3 Å². The number of carbonyl (C=O) groups is 1. The van der Waals surface area contributed by atoms with E-state index in [1.165, 1.54) is 0 Å². The van der Waals surface area contributed by atoms with Crippen LogP contribution in [0.4, 0.5) is 5.69 Å². The first-order valence-electron chi connectivity index (χ1n) is 5.93. The molecule has 4 N–H and O–H groups in total. The van der Waals surface area contributed by atoms with Crippen LogP contribution in [0.25, 0.3) is 0 Å². The molecule has 0 aliphatic carbocycles. The van der Waals surface area contributed by atoms with E-state index in [-0.39, 0.29) is 12.6 Å². The maximum atomic E-state index is 11.6. The van der Waals surface area contributed by atoms with Crippen LogP contribution in [0, 0.1) is 0 Å². The van der Waals surface area contributed by atoms with Crippen LogP contribution in [0.5, 0.6) is 0 Å². The Morgan fingerprint density at radius 3 is 2.83 bits per heavy atom. The van der Waals surface area contributed by atoms with Gasteiger partial charge in [0.15, 0.2) is 0 Å². The number of nitrogen functional groups attached to an aromatic ring is 1. The summed E-state index contributed by atoms with van der Waals surface area (Å²) in [5.74, 6) is -0.481. The van der Waals surface area contributed by atoms with E-state index in [0.29, 0.717) is 17.8 Å². The number of nitrogens with two attached hydrogens (primary N) is 1. The van der Waals surface area contributed by atoms with Gasteiger partial charge in [-0.2, -0.15) is 0 Å². The van der Waals surface area contributed by atoms with Crippen molar-refractivity contribution in [2.45, 2.75) is 26.0 Å². The van der Waals surface area contributed by atoms with E-state index in [9.17, 15) is 9.90 Å². The molecule has 0 aromatic heterocycles. The minimum Gasteiger partial charge on any atom is -0.459 e. The van der Waals surface area contributed by atoms with Crippen LogP contribution in [0.1, 0.15) is 24.2 Å². The average Bonchev–Trinajstić information content (AvgIpc) is 2.33. The van der Waals surface area contributed by atoms with E-state index in [4.69, 9.17) is 10.5 Å². The molecule has 0 fully saturated rings. The molecule has 0 radical (unpaired) electrons. The van der Waals surface area contributed by atoms with Gasteiger partial charge in [-0.3, -0.25) is 0 Å². The third kappa shape index (κ3) is 5.16. The third-order valence-electron chi connectivity index (χ3n) is 2.29. The Hall–Kier alpha value is -1.59. The molecule has 0 spiro atoms. The van der Waals surface area contributed by atoms with Crippen LogP contribution in [0.15, 0.2) is 24.3 Å². The summed E-state index contributed by atoms with van der Waals surface area (Å²) in [4.78, 5) is 11.6. The molecular formula is C13H20N2O3. The number of carbonyl (C=O) groups excluding carboxylic acids is 1. The van der Waals surface area contributed by atoms with Gasteiger partial charge < -0.3 is 20.9 Å². The third-order valence-corrected chi connectivity index (χ3v) is 2.29. The van der Waals surface area contributed by atoms with Gasteiger partial charge in [-0.25, -0.2) is 4.79 Å². The minimum absolute atomic E-state index is 0.0344. The van der Waals surface area contributed by atoms with Crippen molar-refractivity contribution in [3.05, 3.63) is 29.8 Å². The maximum absolute atomic E-state index is 11.6. The maximum Gasteiger partial charge on any atom is 0.338 e. The summed E-state index contributed by atoms with van der Waals surface area (Å²) in [7, 11) is 0. The van der Waals surface area contributed by atoms with Crippen molar-refractivity contribution in [2.24, 2.45) is 0 Å². The van der Waals surface area contributed by atoms with Crippen molar-refractivity contribution in [3.8, 4) is 0 Å². The normalized spacial score (nSPS) is 12.4. The molecule has 1 atom stereocenters. The molecule has 0 bridgehead atoms. The Labute approximate surface area is 107 Å². The number of ether oxygens (including phenoxy) is 1. The van der Waals surface area contributed by atoms with Gasteiger partial charge in [0.2, 0.25) is 0 Å². The van der Waals surface area contributed by atoms with Crippen molar-refractivity contribution in [2.75, 3.05) is 18.9 Å². The summed E-state index contributed by atoms with van der Waals surface area (Å²) in [5.41, 5.74) is 6.46. The Bertz CT molecular complexity index is 394. The van der Waals surface area contributed by atoms with Crippen molar-refractivity contribution in [1.82, 2.24) is 5.32 Å². The largest absolute Gasteiger partial charge is 0.459 e. The lowest BCUT2D eigenvalue weighted by Gasteiger charge is -2.14. The second-order valence-electron chi connectivity index (χ2n) is 4.44. The lowest BCUT2D eigenvalue weighted by atomic mass is 10.2. The molecule has 0 unspecified atom stereocenters. The summed E-state index contributed by atoms with van der Waals surface area (Å²) >= 11 is 0. The minimum atomic E-state index is -0.711. The number of rotatable bonds is 6. The predicted molar refractivity (Wildman–Crippen MR) is 70.3 cm³/mol. The first-order valence-corrected chi connectivity index (χ1v) is 5.93. The molecule has 1 aromatic rings. The number of hydrogen-bond acceptors (Lipinski definition) is 5. The highest BCUT2D eigenvalue weighted by molar-refractivity contribution is 5.90. The molecule has 0 saturated carbocycles. The van der Waals surface area contributed by atoms with Gasteiger partial charge in [0.05, 0.1) is 5.56 Å². The van der Waals surface area contributed by atoms with Crippen LogP contribution in [-0.2, 0) is 4.74 Å². The summed E-state index contributed by atoms with van der Waals surface area (Å²) in [6.45, 7) is 4.31. The van der Waals surface area contributed by atoms with Gasteiger partial charge in [0.25, 0.3) is 0 Å². The standard InChI is InChI=1S/C13H20N2O3/c1-9(2)15-7-12(16)8-18-13(17)10-4-3-5-11(14)6-10/h3-6,9,12,15-16H,7-8,14H2,1-2H3/t12-/m1/s1. The Kier molecular flexibility index (Phi) is 5.61. The monoisotopic (exact) mass is 252 g/mol. The number of aliphatic hydroxyl groups excluding tert-OH is 1. The SMILES string of the molecule is CC(C)NC[C@@H](O)COC(=O)c1cccc(N)c1. The first-order chi connectivity index (χ1) is 8.49. The van der Waals surface area contributed by atoms with Gasteiger partial charge in [-0.05, 0) is 18.2 Å². The molecule has 1 aromatic carbocycles. The zero-order valence-corrected chi connectivity index (χ0v) is 10.7. The highest BCUT2D eigenvalue weighted by Crippen LogP contribution is 2.08. The first kappa shape index (κ1) is 14.5. The fraction of sp³-hybridized carbons (Fsp3) is 0.462. The summed E-state index contributed by atoms with van der Waals surface area (Å²) < 4.78 is 4.99. The zero-order chi connectivity index (χ0) is 13.5. The highest BCUT2D eigenvalue weighted by Gasteiger charge is 2.11. The molecule has 0 heterocycles. The number of anilines is 1. The average molecular weight is 252 g/mol. The fourth-order valence-electron chi connectivity index (χ4n) is 1.35. The van der Waals surface area contributed by atoms with Gasteiger partial charge in [-0.15, -0.1) is 0 Å². The van der Waals surface area contributed by atoms with Crippen LogP contribution >= 0.6 is 0 Å². The molecule has 0 aliphatic rings. The van der Waals surface area contributed by atoms with Crippen molar-refractivity contribution in [3.63, 3.8) is 0 Å². The smallest absolute Gasteiger partial charge is 0.338 e. The molecule has 5 heteroatoms. The van der Waals surface area contributed by atoms with Gasteiger partial charge in [0.1, 0.15) is 12.7 Å². The Morgan fingerprint density at radius 2 is 2.22 bits per heavy atom. The van der Waals surface area contributed by atoms with Crippen molar-refractivity contribution >= 4 is 11.7 Å². The summed E-state index contributed by atoms with van der Waals surface area (Å²) in [6, 6.07) is 6.82. The number of aliphatic hydroxyl groups is 1. The van der Waals surface area contributed by atoms with Crippen LogP contribution in [0.3, 0.4) is 0 Å². The highest BCUT2D eigenvalue weighted by atomic mass is 16.5. The molecule has 0 saturated heterocycles. The van der Waals surface area contributed by atoms with Crippen molar-refractivity contribution < 1.29 is 14.6 Å². The second kappa shape index (κ2) is 6.98. The topological polar surface area (TPSA) is 84.6 Å². The van der Waals surface area contributed by atoms with Crippen LogP contribution in [-0.4, -0.2) is 36.4 Å². The lowest BCUT2D eigenvalue weighted by Crippen LogP contribution is -2.35. The van der Waals surface area contributed by atoms with Gasteiger partial charge in [-0.1, -0.05) is 19.9 Å². The molecule has 18 heavy (non-hydrogen) atoms. The van der Waals surface area contributed by atoms with E-state index in [1.807, 2.05) is 13.8 Å². The molecular weight excluding hydrogens is 232 g/mol. The Balaban J connectivity index is 2.37. The fourth-order valence-corrected chi connectivity index (χ4v) is 1.35. The van der Waals surface area contributed by atoms with E-state index >= 15 is 0 Å². The van der Waals surface area contributed by atoms with Crippen LogP contribution < -0.4 is 11.1 Å². The van der Waals surface area contributed by atoms with E-state index in [0.717, 1.165) is 0 Å². The number of esters is 1. The zero-order valence-electron chi connectivity index (χ0n) is 10.7. The van der Waals surface area contributed by atoms with Gasteiger partial charge >= 0.3 is 5.97 Å². The molecule has 5 nitrogen and oxygen atoms in total. The summed E-state index contributed by atoms with van der Waals surface area (Å²) in [5, 5.41) is 12.6. The van der Waals surface area contributed by atoms with Crippen LogP contribution in [0.2, 0.25) is 0 Å². The predicted octanol–water partition coefficient (Wildman–Crippen LogP) is 0.784. The van der Waals surface area contributed by atoms with E-state index < -0.39 is 12.1 Å². The van der Waals surface area contributed by atoms with E-state index in [2.05, 4.69) is 5.32 Å². The van der Waals surface area contributed by atoms with E-state index in [1.54, 1.807) is 24.3 Å². The lowest BCUT2D eigenvalue weighted by molar-refractivity contribution is 0.0256. The summed E-state index contributed by atoms with van der Waals surface area (Å²) in [6.07, 6.45) is -0.711. The number of benzene rings is 1. The Morgan fingerprint density at radius 1 is 1.50 bits per heavy atom. The quantitative estimate of drug-likeness (QED) is 0.515. The van der Waals surface area contributed by atoms with Crippen molar-refractivity contribution in [1.29, 1.82) is 0 Å². The second-order valence-corrected chi connectivity index (χ2v) is 4.44. The molecule has 1 rings (SSSR count). The number of nitrogens with one attached hydrogen (secondary N) is 1. The molecule has 0 aliphatic heterocycles. The molecule has 0 amide bonds. The number of hydrogen-bond donors (Lipinski definition) is 3. The molecule has 100 valence electrons.